The van der Waals surface area contributed by atoms with Crippen LogP contribution >= 0.6 is 23.4 Å². The van der Waals surface area contributed by atoms with Gasteiger partial charge in [0.25, 0.3) is 0 Å². The number of likely N-dealkylation sites (tertiary alicyclic amines) is 1. The van der Waals surface area contributed by atoms with E-state index in [0.717, 1.165) is 53.5 Å². The molecule has 0 amide bonds. The van der Waals surface area contributed by atoms with Crippen molar-refractivity contribution in [2.75, 3.05) is 13.1 Å². The molecule has 2 aromatic carbocycles. The molecule has 6 nitrogen and oxygen atoms in total. The maximum atomic E-state index is 12.3. The van der Waals surface area contributed by atoms with Crippen molar-refractivity contribution in [2.24, 2.45) is 0 Å². The highest BCUT2D eigenvalue weighted by Crippen LogP contribution is 2.30. The van der Waals surface area contributed by atoms with Gasteiger partial charge in [-0.1, -0.05) is 60.6 Å². The van der Waals surface area contributed by atoms with Gasteiger partial charge in [-0.2, -0.15) is 0 Å². The Bertz CT molecular complexity index is 1350. The largest absolute Gasteiger partial charge is 0.423 e. The van der Waals surface area contributed by atoms with E-state index in [0.29, 0.717) is 22.9 Å². The summed E-state index contributed by atoms with van der Waals surface area (Å²) in [6.45, 7) is 5.75. The fraction of sp³-hybridized carbons (Fsp3) is 0.346. The molecule has 5 rings (SSSR count). The third-order valence-electron chi connectivity index (χ3n) is 6.28. The van der Waals surface area contributed by atoms with E-state index in [1.807, 2.05) is 25.1 Å². The summed E-state index contributed by atoms with van der Waals surface area (Å²) in [4.78, 5) is 14.7. The molecule has 1 aliphatic rings. The minimum atomic E-state index is -0.354. The first-order valence-corrected chi connectivity index (χ1v) is 13.0. The summed E-state index contributed by atoms with van der Waals surface area (Å²) in [5.41, 5.74) is 3.28. The van der Waals surface area contributed by atoms with Crippen molar-refractivity contribution in [1.29, 1.82) is 0 Å². The molecule has 1 aliphatic heterocycles. The molecule has 4 aromatic rings. The van der Waals surface area contributed by atoms with E-state index < -0.39 is 0 Å². The Morgan fingerprint density at radius 1 is 1.03 bits per heavy atom. The van der Waals surface area contributed by atoms with E-state index in [1.165, 1.54) is 18.4 Å². The molecular weight excluding hydrogens is 468 g/mol. The average Bonchev–Trinajstić information content (AvgIpc) is 3.49. The van der Waals surface area contributed by atoms with Crippen LogP contribution in [-0.2, 0) is 25.3 Å². The predicted octanol–water partition coefficient (Wildman–Crippen LogP) is 5.54. The second-order valence-corrected chi connectivity index (χ2v) is 9.98. The van der Waals surface area contributed by atoms with Crippen molar-refractivity contribution in [3.8, 4) is 0 Å². The van der Waals surface area contributed by atoms with Crippen molar-refractivity contribution in [1.82, 2.24) is 19.7 Å². The number of hydrogen-bond acceptors (Lipinski definition) is 6. The van der Waals surface area contributed by atoms with Crippen LogP contribution in [0.1, 0.15) is 42.3 Å². The number of aryl methyl sites for hydroxylation is 1. The smallest absolute Gasteiger partial charge is 0.336 e. The molecule has 1 saturated heterocycles. The van der Waals surface area contributed by atoms with Crippen LogP contribution in [0.3, 0.4) is 0 Å². The molecule has 34 heavy (non-hydrogen) atoms. The van der Waals surface area contributed by atoms with Crippen LogP contribution in [0.25, 0.3) is 11.0 Å². The summed E-state index contributed by atoms with van der Waals surface area (Å²) in [5.74, 6) is 1.54. The quantitative estimate of drug-likeness (QED) is 0.237. The molecule has 0 bridgehead atoms. The summed E-state index contributed by atoms with van der Waals surface area (Å²) in [6.07, 6.45) is 3.25. The first-order valence-electron chi connectivity index (χ1n) is 11.7. The van der Waals surface area contributed by atoms with Gasteiger partial charge in [-0.05, 0) is 61.2 Å². The van der Waals surface area contributed by atoms with Gasteiger partial charge < -0.3 is 8.98 Å². The molecule has 0 atom stereocenters. The molecule has 0 unspecified atom stereocenters. The molecule has 176 valence electrons. The van der Waals surface area contributed by atoms with Gasteiger partial charge in [-0.15, -0.1) is 10.2 Å². The number of aromatic nitrogens is 3. The monoisotopic (exact) mass is 494 g/mol. The minimum absolute atomic E-state index is 0.354. The van der Waals surface area contributed by atoms with Crippen LogP contribution in [0, 0.1) is 0 Å². The predicted molar refractivity (Wildman–Crippen MR) is 137 cm³/mol. The average molecular weight is 495 g/mol. The fourth-order valence-electron chi connectivity index (χ4n) is 4.43. The number of halogens is 1. The van der Waals surface area contributed by atoms with Crippen LogP contribution in [0.2, 0.25) is 5.02 Å². The summed E-state index contributed by atoms with van der Waals surface area (Å²) in [5, 5.41) is 11.5. The van der Waals surface area contributed by atoms with Gasteiger partial charge in [0.15, 0.2) is 5.16 Å². The first-order chi connectivity index (χ1) is 16.6. The van der Waals surface area contributed by atoms with Crippen molar-refractivity contribution in [2.45, 2.75) is 50.2 Å². The van der Waals surface area contributed by atoms with E-state index in [4.69, 9.17) is 16.0 Å². The van der Waals surface area contributed by atoms with E-state index in [9.17, 15) is 4.79 Å². The molecule has 0 aliphatic carbocycles. The van der Waals surface area contributed by atoms with Gasteiger partial charge in [-0.25, -0.2) is 4.79 Å². The van der Waals surface area contributed by atoms with Crippen molar-refractivity contribution < 1.29 is 4.42 Å². The molecule has 0 spiro atoms. The van der Waals surface area contributed by atoms with Crippen LogP contribution < -0.4 is 5.63 Å². The van der Waals surface area contributed by atoms with E-state index >= 15 is 0 Å². The highest BCUT2D eigenvalue weighted by molar-refractivity contribution is 7.98. The van der Waals surface area contributed by atoms with E-state index in [-0.39, 0.29) is 5.63 Å². The molecule has 0 N–H and O–H groups in total. The van der Waals surface area contributed by atoms with Crippen molar-refractivity contribution >= 4 is 34.3 Å². The van der Waals surface area contributed by atoms with Gasteiger partial charge in [0, 0.05) is 22.2 Å². The van der Waals surface area contributed by atoms with Crippen LogP contribution in [-0.4, -0.2) is 32.8 Å². The topological polar surface area (TPSA) is 64.2 Å². The molecule has 0 saturated carbocycles. The SMILES string of the molecule is CCc1cc2oc(=O)cc(CSc3nnc(CN4CCCC4)n3Cc3ccccc3)c2cc1Cl. The lowest BCUT2D eigenvalue weighted by Gasteiger charge is -2.16. The van der Waals surface area contributed by atoms with E-state index in [1.54, 1.807) is 17.8 Å². The van der Waals surface area contributed by atoms with Crippen LogP contribution in [0.15, 0.2) is 62.9 Å². The van der Waals surface area contributed by atoms with E-state index in [2.05, 4.69) is 43.9 Å². The number of thioether (sulfide) groups is 1. The summed E-state index contributed by atoms with van der Waals surface area (Å²) >= 11 is 8.06. The van der Waals surface area contributed by atoms with Gasteiger partial charge in [0.2, 0.25) is 0 Å². The fourth-order valence-corrected chi connectivity index (χ4v) is 5.67. The Balaban J connectivity index is 1.45. The normalized spacial score (nSPS) is 14.3. The molecule has 1 fully saturated rings. The Hall–Kier alpha value is -2.61. The minimum Gasteiger partial charge on any atom is -0.423 e. The Labute approximate surface area is 207 Å². The summed E-state index contributed by atoms with van der Waals surface area (Å²) in [7, 11) is 0. The number of fused-ring (bicyclic) bond motifs is 1. The van der Waals surface area contributed by atoms with Crippen molar-refractivity contribution in [3.63, 3.8) is 0 Å². The number of hydrogen-bond donors (Lipinski definition) is 0. The molecular formula is C26H27ClN4O2S. The highest BCUT2D eigenvalue weighted by Gasteiger charge is 2.19. The Morgan fingerprint density at radius 3 is 2.59 bits per heavy atom. The van der Waals surface area contributed by atoms with Gasteiger partial charge in [-0.3, -0.25) is 4.90 Å². The maximum absolute atomic E-state index is 12.3. The number of benzene rings is 2. The standard InChI is InChI=1S/C26H27ClN4O2S/c1-2-19-12-23-21(14-22(19)27)20(13-25(32)33-23)17-34-26-29-28-24(16-30-10-6-7-11-30)31(26)15-18-8-4-3-5-9-18/h3-5,8-9,12-14H,2,6-7,10-11,15-17H2,1H3. The Morgan fingerprint density at radius 2 is 1.82 bits per heavy atom. The molecule has 2 aromatic heterocycles. The zero-order valence-electron chi connectivity index (χ0n) is 19.2. The molecule has 0 radical (unpaired) electrons. The molecule has 3 heterocycles. The lowest BCUT2D eigenvalue weighted by molar-refractivity contribution is 0.316. The second-order valence-electron chi connectivity index (χ2n) is 8.63. The van der Waals surface area contributed by atoms with Crippen LogP contribution in [0.5, 0.6) is 0 Å². The number of rotatable bonds is 8. The third-order valence-corrected chi connectivity index (χ3v) is 7.64. The Kier molecular flexibility index (Phi) is 7.04. The molecule has 8 heteroatoms. The zero-order valence-corrected chi connectivity index (χ0v) is 20.7. The van der Waals surface area contributed by atoms with Gasteiger partial charge >= 0.3 is 5.63 Å². The van der Waals surface area contributed by atoms with Gasteiger partial charge in [0.1, 0.15) is 11.4 Å². The van der Waals surface area contributed by atoms with Crippen molar-refractivity contribution in [3.05, 3.63) is 86.5 Å². The zero-order chi connectivity index (χ0) is 23.5. The first kappa shape index (κ1) is 23.1. The van der Waals surface area contributed by atoms with Gasteiger partial charge in [0.05, 0.1) is 13.1 Å². The van der Waals surface area contributed by atoms with Crippen LogP contribution in [0.4, 0.5) is 0 Å². The highest BCUT2D eigenvalue weighted by atomic mass is 35.5. The third kappa shape index (κ3) is 5.06. The lowest BCUT2D eigenvalue weighted by Crippen LogP contribution is -2.21. The second kappa shape index (κ2) is 10.3. The summed E-state index contributed by atoms with van der Waals surface area (Å²) in [6, 6.07) is 15.7. The number of nitrogens with zero attached hydrogens (tertiary/aromatic N) is 4. The summed E-state index contributed by atoms with van der Waals surface area (Å²) < 4.78 is 7.67. The maximum Gasteiger partial charge on any atom is 0.336 e. The lowest BCUT2D eigenvalue weighted by atomic mass is 10.1.